The summed E-state index contributed by atoms with van der Waals surface area (Å²) in [5.74, 6) is 5.42. The number of hydrogen-bond donors (Lipinski definition) is 1. The van der Waals surface area contributed by atoms with Gasteiger partial charge in [-0.15, -0.1) is 11.3 Å². The first-order chi connectivity index (χ1) is 9.63. The predicted octanol–water partition coefficient (Wildman–Crippen LogP) is 2.68. The Kier molecular flexibility index (Phi) is 4.57. The Bertz CT molecular complexity index is 665. The molecular weight excluding hydrogens is 270 g/mol. The molecule has 1 N–H and O–H groups in total. The lowest BCUT2D eigenvalue weighted by Crippen LogP contribution is -2.25. The second-order valence-electron chi connectivity index (χ2n) is 4.28. The van der Waals surface area contributed by atoms with Crippen molar-refractivity contribution in [3.05, 3.63) is 51.7 Å². The van der Waals surface area contributed by atoms with E-state index in [1.807, 2.05) is 43.3 Å². The van der Waals surface area contributed by atoms with Gasteiger partial charge in [-0.25, -0.2) is 0 Å². The molecule has 0 fully saturated rings. The number of carbonyl (C=O) groups excluding carboxylic acids is 1. The summed E-state index contributed by atoms with van der Waals surface area (Å²) in [5, 5.41) is 8.73. The highest BCUT2D eigenvalue weighted by atomic mass is 32.1. The summed E-state index contributed by atoms with van der Waals surface area (Å²) in [6.45, 7) is 1.74. The predicted molar refractivity (Wildman–Crippen MR) is 82.2 cm³/mol. The number of anilines is 1. The molecule has 1 aromatic heterocycles. The van der Waals surface area contributed by atoms with Crippen LogP contribution in [0, 0.1) is 18.8 Å². The molecule has 1 heterocycles. The maximum atomic E-state index is 12.4. The monoisotopic (exact) mass is 285 g/mol. The zero-order valence-corrected chi connectivity index (χ0v) is 12.2. The first kappa shape index (κ1) is 14.3. The van der Waals surface area contributed by atoms with E-state index in [-0.39, 0.29) is 12.5 Å². The van der Waals surface area contributed by atoms with E-state index in [0.717, 1.165) is 16.1 Å². The average molecular weight is 285 g/mol. The van der Waals surface area contributed by atoms with Gasteiger partial charge in [0.15, 0.2) is 0 Å². The number of thiophene rings is 1. The van der Waals surface area contributed by atoms with Gasteiger partial charge in [-0.05, 0) is 30.7 Å². The fraction of sp³-hybridized carbons (Fsp3) is 0.188. The molecule has 0 spiro atoms. The molecule has 3 nitrogen and oxygen atoms in total. The third-order valence-electron chi connectivity index (χ3n) is 2.86. The lowest BCUT2D eigenvalue weighted by atomic mass is 10.2. The van der Waals surface area contributed by atoms with Gasteiger partial charge in [0.05, 0.1) is 9.75 Å². The molecule has 0 unspecified atom stereocenters. The first-order valence-electron chi connectivity index (χ1n) is 6.16. The summed E-state index contributed by atoms with van der Waals surface area (Å²) in [7, 11) is 1.76. The van der Waals surface area contributed by atoms with Crippen molar-refractivity contribution in [2.75, 3.05) is 18.6 Å². The van der Waals surface area contributed by atoms with Crippen molar-refractivity contribution in [2.45, 2.75) is 6.92 Å². The smallest absolute Gasteiger partial charge is 0.268 e. The highest BCUT2D eigenvalue weighted by Gasteiger charge is 2.16. The molecule has 1 amide bonds. The third kappa shape index (κ3) is 3.08. The number of aliphatic hydroxyl groups excluding tert-OH is 1. The molecule has 0 aliphatic carbocycles. The molecule has 0 bridgehead atoms. The number of carbonyl (C=O) groups is 1. The van der Waals surface area contributed by atoms with Crippen molar-refractivity contribution in [3.8, 4) is 11.8 Å². The number of aliphatic hydroxyl groups is 1. The third-order valence-corrected chi connectivity index (χ3v) is 4.00. The van der Waals surface area contributed by atoms with Crippen LogP contribution in [0.4, 0.5) is 5.69 Å². The van der Waals surface area contributed by atoms with Crippen LogP contribution in [-0.4, -0.2) is 24.7 Å². The first-order valence-corrected chi connectivity index (χ1v) is 6.98. The number of para-hydroxylation sites is 1. The van der Waals surface area contributed by atoms with E-state index >= 15 is 0 Å². The Morgan fingerprint density at radius 3 is 2.70 bits per heavy atom. The van der Waals surface area contributed by atoms with Crippen LogP contribution in [0.3, 0.4) is 0 Å². The summed E-state index contributed by atoms with van der Waals surface area (Å²) in [4.78, 5) is 15.5. The molecule has 2 aromatic rings. The molecule has 4 heteroatoms. The molecule has 102 valence electrons. The lowest BCUT2D eigenvalue weighted by molar-refractivity contribution is 0.0997. The number of hydrogen-bond acceptors (Lipinski definition) is 3. The van der Waals surface area contributed by atoms with E-state index in [4.69, 9.17) is 5.11 Å². The Labute approximate surface area is 122 Å². The van der Waals surface area contributed by atoms with Crippen LogP contribution in [0.5, 0.6) is 0 Å². The minimum absolute atomic E-state index is 0.0543. The van der Waals surface area contributed by atoms with Crippen LogP contribution in [0.15, 0.2) is 36.4 Å². The number of aryl methyl sites for hydroxylation is 1. The molecule has 0 aliphatic rings. The molecule has 0 radical (unpaired) electrons. The highest BCUT2D eigenvalue weighted by Crippen LogP contribution is 2.24. The van der Waals surface area contributed by atoms with E-state index in [1.54, 1.807) is 11.9 Å². The fourth-order valence-electron chi connectivity index (χ4n) is 1.77. The maximum absolute atomic E-state index is 12.4. The van der Waals surface area contributed by atoms with Crippen molar-refractivity contribution in [1.29, 1.82) is 0 Å². The fourth-order valence-corrected chi connectivity index (χ4v) is 2.79. The van der Waals surface area contributed by atoms with Crippen molar-refractivity contribution in [2.24, 2.45) is 0 Å². The van der Waals surface area contributed by atoms with Crippen LogP contribution in [0.1, 0.15) is 20.1 Å². The van der Waals surface area contributed by atoms with Gasteiger partial charge in [-0.1, -0.05) is 30.0 Å². The summed E-state index contributed by atoms with van der Waals surface area (Å²) in [6.07, 6.45) is 0. The Balaban J connectivity index is 2.26. The molecule has 2 rings (SSSR count). The summed E-state index contributed by atoms with van der Waals surface area (Å²) in [5.41, 5.74) is 1.81. The number of rotatable bonds is 2. The zero-order valence-electron chi connectivity index (χ0n) is 11.4. The van der Waals surface area contributed by atoms with E-state index in [0.29, 0.717) is 4.88 Å². The minimum atomic E-state index is -0.176. The average Bonchev–Trinajstić information content (AvgIpc) is 2.85. The Hall–Kier alpha value is -2.09. The van der Waals surface area contributed by atoms with Crippen molar-refractivity contribution < 1.29 is 9.90 Å². The van der Waals surface area contributed by atoms with E-state index < -0.39 is 0 Å². The molecule has 0 saturated carbocycles. The minimum Gasteiger partial charge on any atom is -0.384 e. The van der Waals surface area contributed by atoms with Crippen molar-refractivity contribution >= 4 is 22.9 Å². The van der Waals surface area contributed by atoms with Crippen LogP contribution < -0.4 is 4.90 Å². The van der Waals surface area contributed by atoms with Gasteiger partial charge in [-0.2, -0.15) is 0 Å². The quantitative estimate of drug-likeness (QED) is 0.862. The number of nitrogens with zero attached hydrogens (tertiary/aromatic N) is 1. The van der Waals surface area contributed by atoms with Crippen LogP contribution in [-0.2, 0) is 0 Å². The topological polar surface area (TPSA) is 40.5 Å². The SMILES string of the molecule is Cc1cc(C(=O)N(C)c2ccccc2)sc1C#CCO. The Morgan fingerprint density at radius 1 is 1.35 bits per heavy atom. The molecule has 1 aromatic carbocycles. The van der Waals surface area contributed by atoms with Crippen LogP contribution in [0.2, 0.25) is 0 Å². The molecular formula is C16H15NO2S. The molecule has 0 atom stereocenters. The lowest BCUT2D eigenvalue weighted by Gasteiger charge is -2.15. The van der Waals surface area contributed by atoms with E-state index in [1.165, 1.54) is 11.3 Å². The highest BCUT2D eigenvalue weighted by molar-refractivity contribution is 7.14. The number of amides is 1. The van der Waals surface area contributed by atoms with Crippen LogP contribution >= 0.6 is 11.3 Å². The van der Waals surface area contributed by atoms with Crippen molar-refractivity contribution in [1.82, 2.24) is 0 Å². The van der Waals surface area contributed by atoms with Gasteiger partial charge in [0.2, 0.25) is 0 Å². The summed E-state index contributed by atoms with van der Waals surface area (Å²) < 4.78 is 0. The molecule has 20 heavy (non-hydrogen) atoms. The molecule has 0 aliphatic heterocycles. The zero-order chi connectivity index (χ0) is 14.5. The second-order valence-corrected chi connectivity index (χ2v) is 5.33. The second kappa shape index (κ2) is 6.38. The standard InChI is InChI=1S/C16H15NO2S/c1-12-11-15(20-14(12)9-6-10-18)16(19)17(2)13-7-4-3-5-8-13/h3-5,7-8,11,18H,10H2,1-2H3. The summed E-state index contributed by atoms with van der Waals surface area (Å²) in [6, 6.07) is 11.3. The van der Waals surface area contributed by atoms with Gasteiger partial charge in [-0.3, -0.25) is 4.79 Å². The number of benzene rings is 1. The van der Waals surface area contributed by atoms with Crippen molar-refractivity contribution in [3.63, 3.8) is 0 Å². The van der Waals surface area contributed by atoms with Crippen LogP contribution in [0.25, 0.3) is 0 Å². The van der Waals surface area contributed by atoms with Gasteiger partial charge < -0.3 is 10.0 Å². The largest absolute Gasteiger partial charge is 0.384 e. The molecule has 0 saturated heterocycles. The van der Waals surface area contributed by atoms with E-state index in [2.05, 4.69) is 11.8 Å². The van der Waals surface area contributed by atoms with Gasteiger partial charge >= 0.3 is 0 Å². The summed E-state index contributed by atoms with van der Waals surface area (Å²) >= 11 is 1.35. The van der Waals surface area contributed by atoms with Gasteiger partial charge in [0, 0.05) is 12.7 Å². The normalized spacial score (nSPS) is 9.75. The Morgan fingerprint density at radius 2 is 2.05 bits per heavy atom. The van der Waals surface area contributed by atoms with Gasteiger partial charge in [0.1, 0.15) is 6.61 Å². The van der Waals surface area contributed by atoms with E-state index in [9.17, 15) is 4.79 Å². The van der Waals surface area contributed by atoms with Gasteiger partial charge in [0.25, 0.3) is 5.91 Å². The maximum Gasteiger partial charge on any atom is 0.268 e.